The molecule has 4 N–H and O–H groups in total. The zero-order valence-electron chi connectivity index (χ0n) is 4.73. The summed E-state index contributed by atoms with van der Waals surface area (Å²) in [4.78, 5) is 10.1. The summed E-state index contributed by atoms with van der Waals surface area (Å²) in [7, 11) is -2.22. The van der Waals surface area contributed by atoms with E-state index < -0.39 is 14.6 Å². The molecule has 0 aliphatic carbocycles. The Morgan fingerprint density at radius 1 is 1.56 bits per heavy atom. The Morgan fingerprint density at radius 3 is 2.11 bits per heavy atom. The molecule has 1 unspecified atom stereocenters. The predicted octanol–water partition coefficient (Wildman–Crippen LogP) is -2.10. The van der Waals surface area contributed by atoms with Gasteiger partial charge in [-0.2, -0.15) is 0 Å². The van der Waals surface area contributed by atoms with Crippen LogP contribution in [0, 0.1) is 0 Å². The van der Waals surface area contributed by atoms with E-state index >= 15 is 0 Å². The molecule has 0 bridgehead atoms. The van der Waals surface area contributed by atoms with Crippen molar-refractivity contribution >= 4 is 8.53 Å². The molecule has 9 heavy (non-hydrogen) atoms. The van der Waals surface area contributed by atoms with Gasteiger partial charge < -0.3 is 19.6 Å². The highest BCUT2D eigenvalue weighted by molar-refractivity contribution is 7.41. The average Bonchev–Trinajstić information content (AvgIpc) is 1.82. The van der Waals surface area contributed by atoms with Gasteiger partial charge in [-0.15, -0.1) is 0 Å². The monoisotopic (exact) mass is 154 g/mol. The second-order valence-corrected chi connectivity index (χ2v) is 2.16. The summed E-state index contributed by atoms with van der Waals surface area (Å²) in [6.07, 6.45) is -0.821. The van der Waals surface area contributed by atoms with E-state index in [0.29, 0.717) is 0 Å². The molecule has 0 fully saturated rings. The predicted molar refractivity (Wildman–Crippen MR) is 30.2 cm³/mol. The van der Waals surface area contributed by atoms with Crippen molar-refractivity contribution in [3.8, 4) is 0 Å². The molecule has 0 rings (SSSR count). The third kappa shape index (κ3) is 4.72. The normalized spacial score (nSPS) is 14.3. The van der Waals surface area contributed by atoms with Crippen LogP contribution in [0.5, 0.6) is 0 Å². The Kier molecular flexibility index (Phi) is 5.18. The molecule has 0 heterocycles. The Balaban J connectivity index is 3.31. The lowest BCUT2D eigenvalue weighted by Crippen LogP contribution is -2.23. The van der Waals surface area contributed by atoms with Crippen molar-refractivity contribution in [3.63, 3.8) is 0 Å². The Bertz CT molecular complexity index is 66.8. The molecule has 5 nitrogen and oxygen atoms in total. The fourth-order valence-corrected chi connectivity index (χ4v) is 0.699. The van der Waals surface area contributed by atoms with Crippen molar-refractivity contribution < 1.29 is 19.6 Å². The standard InChI is InChI=1S/C3H9NO4P/c4-9(7)8-3(1-5)2-6/h3,5-6H,1-2,4H2/q-1. The molecular formula is C3H9NO4P-. The maximum Gasteiger partial charge on any atom is 0.108 e. The van der Waals surface area contributed by atoms with Gasteiger partial charge in [0, 0.05) is 8.53 Å². The lowest BCUT2D eigenvalue weighted by atomic mass is 10.4. The Labute approximate surface area is 54.0 Å². The SMILES string of the molecule is NP([O-])OC(CO)CO. The zero-order chi connectivity index (χ0) is 7.28. The molecule has 0 radical (unpaired) electrons. The van der Waals surface area contributed by atoms with Gasteiger partial charge >= 0.3 is 0 Å². The van der Waals surface area contributed by atoms with Gasteiger partial charge in [-0.1, -0.05) is 0 Å². The second kappa shape index (κ2) is 5.05. The van der Waals surface area contributed by atoms with Crippen molar-refractivity contribution in [2.24, 2.45) is 5.50 Å². The summed E-state index contributed by atoms with van der Waals surface area (Å²) < 4.78 is 4.34. The molecule has 0 aliphatic heterocycles. The summed E-state index contributed by atoms with van der Waals surface area (Å²) in [6.45, 7) is -0.760. The number of hydrogen-bond acceptors (Lipinski definition) is 5. The number of hydrogen-bond donors (Lipinski definition) is 3. The smallest absolute Gasteiger partial charge is 0.108 e. The molecule has 0 aromatic rings. The molecular weight excluding hydrogens is 145 g/mol. The first-order valence-electron chi connectivity index (χ1n) is 2.31. The number of aliphatic hydroxyl groups is 2. The van der Waals surface area contributed by atoms with Gasteiger partial charge in [0.15, 0.2) is 0 Å². The lowest BCUT2D eigenvalue weighted by Gasteiger charge is -2.21. The van der Waals surface area contributed by atoms with Crippen LogP contribution < -0.4 is 10.4 Å². The molecule has 0 amide bonds. The number of rotatable bonds is 4. The van der Waals surface area contributed by atoms with E-state index in [2.05, 4.69) is 4.52 Å². The van der Waals surface area contributed by atoms with Crippen LogP contribution in [0.15, 0.2) is 0 Å². The molecule has 0 saturated heterocycles. The van der Waals surface area contributed by atoms with Crippen molar-refractivity contribution in [3.05, 3.63) is 0 Å². The summed E-state index contributed by atoms with van der Waals surface area (Å²) >= 11 is 0. The lowest BCUT2D eigenvalue weighted by molar-refractivity contribution is -0.186. The molecule has 56 valence electrons. The molecule has 0 aliphatic rings. The van der Waals surface area contributed by atoms with E-state index in [9.17, 15) is 4.89 Å². The maximum absolute atomic E-state index is 10.1. The molecule has 0 spiro atoms. The first-order valence-corrected chi connectivity index (χ1v) is 3.55. The van der Waals surface area contributed by atoms with E-state index in [0.717, 1.165) is 0 Å². The van der Waals surface area contributed by atoms with Gasteiger partial charge in [-0.3, -0.25) is 5.50 Å². The zero-order valence-corrected chi connectivity index (χ0v) is 5.62. The van der Waals surface area contributed by atoms with Crippen molar-refractivity contribution in [1.29, 1.82) is 0 Å². The van der Waals surface area contributed by atoms with Gasteiger partial charge in [0.05, 0.1) is 13.2 Å². The Morgan fingerprint density at radius 2 is 2.00 bits per heavy atom. The van der Waals surface area contributed by atoms with Crippen molar-refractivity contribution in [2.45, 2.75) is 6.10 Å². The van der Waals surface area contributed by atoms with Gasteiger partial charge in [-0.25, -0.2) is 0 Å². The first kappa shape index (κ1) is 9.23. The fourth-order valence-electron chi connectivity index (χ4n) is 0.271. The molecule has 0 aromatic heterocycles. The van der Waals surface area contributed by atoms with Crippen LogP contribution in [0.4, 0.5) is 0 Å². The van der Waals surface area contributed by atoms with E-state index in [-0.39, 0.29) is 13.2 Å². The highest BCUT2D eigenvalue weighted by Crippen LogP contribution is 2.16. The maximum atomic E-state index is 10.1. The minimum atomic E-state index is -2.22. The summed E-state index contributed by atoms with van der Waals surface area (Å²) in [5.74, 6) is 0. The molecule has 0 saturated carbocycles. The fraction of sp³-hybridized carbons (Fsp3) is 1.00. The highest BCUT2D eigenvalue weighted by Gasteiger charge is 2.04. The van der Waals surface area contributed by atoms with Crippen LogP contribution in [0.3, 0.4) is 0 Å². The summed E-state index contributed by atoms with van der Waals surface area (Å²) in [5.41, 5.74) is 4.71. The van der Waals surface area contributed by atoms with Crippen LogP contribution in [0.2, 0.25) is 0 Å². The minimum absolute atomic E-state index is 0.380. The third-order valence-electron chi connectivity index (χ3n) is 0.660. The largest absolute Gasteiger partial charge is 0.796 e. The van der Waals surface area contributed by atoms with Gasteiger partial charge in [0.25, 0.3) is 0 Å². The molecule has 1 atom stereocenters. The second-order valence-electron chi connectivity index (χ2n) is 1.38. The van der Waals surface area contributed by atoms with E-state index in [1.165, 1.54) is 0 Å². The van der Waals surface area contributed by atoms with E-state index in [1.54, 1.807) is 0 Å². The summed E-state index contributed by atoms with van der Waals surface area (Å²) in [5, 5.41) is 16.6. The average molecular weight is 154 g/mol. The van der Waals surface area contributed by atoms with Crippen LogP contribution in [-0.2, 0) is 4.52 Å². The summed E-state index contributed by atoms with van der Waals surface area (Å²) in [6, 6.07) is 0. The van der Waals surface area contributed by atoms with Gasteiger partial charge in [-0.05, 0) is 0 Å². The van der Waals surface area contributed by atoms with Crippen LogP contribution >= 0.6 is 8.53 Å². The molecule has 0 aromatic carbocycles. The van der Waals surface area contributed by atoms with E-state index in [4.69, 9.17) is 15.7 Å². The first-order chi connectivity index (χ1) is 4.20. The van der Waals surface area contributed by atoms with Crippen LogP contribution in [0.1, 0.15) is 0 Å². The van der Waals surface area contributed by atoms with Crippen molar-refractivity contribution in [2.75, 3.05) is 13.2 Å². The van der Waals surface area contributed by atoms with Crippen LogP contribution in [0.25, 0.3) is 0 Å². The van der Waals surface area contributed by atoms with Gasteiger partial charge in [0.1, 0.15) is 6.10 Å². The van der Waals surface area contributed by atoms with Crippen molar-refractivity contribution in [1.82, 2.24) is 0 Å². The molecule has 6 heteroatoms. The number of nitrogens with two attached hydrogens (primary N) is 1. The topological polar surface area (TPSA) is 98.8 Å². The minimum Gasteiger partial charge on any atom is -0.796 e. The van der Waals surface area contributed by atoms with Crippen LogP contribution in [-0.4, -0.2) is 29.5 Å². The van der Waals surface area contributed by atoms with E-state index in [1.807, 2.05) is 0 Å². The third-order valence-corrected chi connectivity index (χ3v) is 1.17. The van der Waals surface area contributed by atoms with Gasteiger partial charge in [0.2, 0.25) is 0 Å². The highest BCUT2D eigenvalue weighted by atomic mass is 31.2. The Hall–Kier alpha value is 0.230. The number of aliphatic hydroxyl groups excluding tert-OH is 2. The quantitative estimate of drug-likeness (QED) is 0.403.